The van der Waals surface area contributed by atoms with Crippen molar-refractivity contribution in [2.75, 3.05) is 26.2 Å². The summed E-state index contributed by atoms with van der Waals surface area (Å²) in [7, 11) is 0. The molecule has 0 saturated carbocycles. The first-order valence-electron chi connectivity index (χ1n) is 5.24. The summed E-state index contributed by atoms with van der Waals surface area (Å²) in [6.45, 7) is 7.17. The van der Waals surface area contributed by atoms with Crippen LogP contribution in [0.25, 0.3) is 0 Å². The fourth-order valence-corrected chi connectivity index (χ4v) is 2.19. The van der Waals surface area contributed by atoms with Crippen LogP contribution in [0.2, 0.25) is 0 Å². The molecule has 0 aliphatic carbocycles. The summed E-state index contributed by atoms with van der Waals surface area (Å²) in [5.41, 5.74) is -0.768. The van der Waals surface area contributed by atoms with Gasteiger partial charge in [-0.1, -0.05) is 20.8 Å². The van der Waals surface area contributed by atoms with E-state index in [2.05, 4.69) is 5.32 Å². The van der Waals surface area contributed by atoms with Crippen molar-refractivity contribution < 1.29 is 13.2 Å². The fraction of sp³-hybridized carbons (Fsp3) is 1.00. The van der Waals surface area contributed by atoms with Crippen molar-refractivity contribution >= 4 is 24.8 Å². The van der Waals surface area contributed by atoms with E-state index in [0.29, 0.717) is 26.2 Å². The molecule has 1 saturated heterocycles. The Labute approximate surface area is 113 Å². The van der Waals surface area contributed by atoms with Gasteiger partial charge in [-0.2, -0.15) is 13.2 Å². The second-order valence-electron chi connectivity index (χ2n) is 5.10. The first-order chi connectivity index (χ1) is 6.73. The van der Waals surface area contributed by atoms with Gasteiger partial charge in [0.1, 0.15) is 6.04 Å². The standard InChI is InChI=1S/C10H19F3N2.2ClH/c1-9(2,3)8(10(11,12)13)15-6-4-14-5-7-15;;/h8,14H,4-7H2,1-3H3;2*1H/t8-;;/m1../s1. The van der Waals surface area contributed by atoms with Gasteiger partial charge in [-0.25, -0.2) is 0 Å². The van der Waals surface area contributed by atoms with E-state index in [-0.39, 0.29) is 24.8 Å². The van der Waals surface area contributed by atoms with Crippen LogP contribution >= 0.6 is 24.8 Å². The van der Waals surface area contributed by atoms with Crippen LogP contribution in [0.1, 0.15) is 20.8 Å². The zero-order valence-corrected chi connectivity index (χ0v) is 11.9. The molecule has 0 aromatic heterocycles. The SMILES string of the molecule is CC(C)(C)[C@@H](N1CCNCC1)C(F)(F)F.Cl.Cl. The summed E-state index contributed by atoms with van der Waals surface area (Å²) in [6, 6.07) is -1.34. The number of piperazine rings is 1. The van der Waals surface area contributed by atoms with Crippen molar-refractivity contribution in [3.05, 3.63) is 0 Å². The van der Waals surface area contributed by atoms with Gasteiger partial charge >= 0.3 is 6.18 Å². The van der Waals surface area contributed by atoms with E-state index in [1.165, 1.54) is 4.90 Å². The molecule has 0 spiro atoms. The van der Waals surface area contributed by atoms with Crippen molar-refractivity contribution in [1.82, 2.24) is 10.2 Å². The molecule has 1 rings (SSSR count). The van der Waals surface area contributed by atoms with Gasteiger partial charge in [0.2, 0.25) is 0 Å². The molecule has 0 amide bonds. The van der Waals surface area contributed by atoms with Gasteiger partial charge in [-0.05, 0) is 5.41 Å². The summed E-state index contributed by atoms with van der Waals surface area (Å²) < 4.78 is 38.8. The Morgan fingerprint density at radius 1 is 1.00 bits per heavy atom. The minimum absolute atomic E-state index is 0. The van der Waals surface area contributed by atoms with Gasteiger partial charge < -0.3 is 5.32 Å². The third kappa shape index (κ3) is 5.64. The van der Waals surface area contributed by atoms with Gasteiger partial charge in [-0.15, -0.1) is 24.8 Å². The second kappa shape index (κ2) is 7.02. The Morgan fingerprint density at radius 3 is 1.71 bits per heavy atom. The maximum absolute atomic E-state index is 12.9. The molecule has 0 aromatic rings. The Balaban J connectivity index is 0. The summed E-state index contributed by atoms with van der Waals surface area (Å²) in [4.78, 5) is 1.54. The molecule has 1 N–H and O–H groups in total. The highest BCUT2D eigenvalue weighted by atomic mass is 35.5. The molecular weight excluding hydrogens is 276 g/mol. The number of hydrogen-bond donors (Lipinski definition) is 1. The van der Waals surface area contributed by atoms with Crippen LogP contribution in [0.4, 0.5) is 13.2 Å². The summed E-state index contributed by atoms with van der Waals surface area (Å²) in [5.74, 6) is 0. The minimum atomic E-state index is -4.14. The molecule has 1 fully saturated rings. The molecule has 2 nitrogen and oxygen atoms in total. The highest BCUT2D eigenvalue weighted by Crippen LogP contribution is 2.37. The molecular formula is C10H21Cl2F3N2. The van der Waals surface area contributed by atoms with Crippen molar-refractivity contribution in [2.45, 2.75) is 33.0 Å². The van der Waals surface area contributed by atoms with Gasteiger partial charge in [0.15, 0.2) is 0 Å². The van der Waals surface area contributed by atoms with Crippen molar-refractivity contribution in [2.24, 2.45) is 5.41 Å². The van der Waals surface area contributed by atoms with Crippen LogP contribution in [-0.4, -0.2) is 43.3 Å². The lowest BCUT2D eigenvalue weighted by Crippen LogP contribution is -2.58. The van der Waals surface area contributed by atoms with Gasteiger partial charge in [-0.3, -0.25) is 4.90 Å². The third-order valence-electron chi connectivity index (χ3n) is 2.65. The van der Waals surface area contributed by atoms with E-state index in [1.807, 2.05) is 0 Å². The van der Waals surface area contributed by atoms with Crippen molar-refractivity contribution in [1.29, 1.82) is 0 Å². The summed E-state index contributed by atoms with van der Waals surface area (Å²) >= 11 is 0. The molecule has 1 atom stereocenters. The molecule has 0 bridgehead atoms. The van der Waals surface area contributed by atoms with Gasteiger partial charge in [0.05, 0.1) is 0 Å². The molecule has 0 unspecified atom stereocenters. The molecule has 106 valence electrons. The average molecular weight is 297 g/mol. The van der Waals surface area contributed by atoms with Crippen LogP contribution < -0.4 is 5.32 Å². The average Bonchev–Trinajstić information content (AvgIpc) is 2.00. The van der Waals surface area contributed by atoms with E-state index in [1.54, 1.807) is 20.8 Å². The topological polar surface area (TPSA) is 15.3 Å². The Morgan fingerprint density at radius 2 is 1.41 bits per heavy atom. The molecule has 1 aliphatic rings. The van der Waals surface area contributed by atoms with E-state index in [0.717, 1.165) is 0 Å². The van der Waals surface area contributed by atoms with Crippen LogP contribution in [0, 0.1) is 5.41 Å². The lowest BCUT2D eigenvalue weighted by atomic mass is 9.85. The molecule has 17 heavy (non-hydrogen) atoms. The number of halogens is 5. The molecule has 7 heteroatoms. The highest BCUT2D eigenvalue weighted by molar-refractivity contribution is 5.85. The first kappa shape index (κ1) is 19.6. The van der Waals surface area contributed by atoms with Crippen LogP contribution in [0.5, 0.6) is 0 Å². The Bertz CT molecular complexity index is 197. The summed E-state index contributed by atoms with van der Waals surface area (Å²) in [6.07, 6.45) is -4.14. The monoisotopic (exact) mass is 296 g/mol. The van der Waals surface area contributed by atoms with Crippen LogP contribution in [0.3, 0.4) is 0 Å². The predicted molar refractivity (Wildman–Crippen MR) is 68.2 cm³/mol. The largest absolute Gasteiger partial charge is 0.404 e. The smallest absolute Gasteiger partial charge is 0.314 e. The molecule has 1 heterocycles. The van der Waals surface area contributed by atoms with E-state index in [4.69, 9.17) is 0 Å². The zero-order chi connectivity index (χ0) is 11.7. The second-order valence-corrected chi connectivity index (χ2v) is 5.10. The van der Waals surface area contributed by atoms with E-state index in [9.17, 15) is 13.2 Å². The number of rotatable bonds is 1. The highest BCUT2D eigenvalue weighted by Gasteiger charge is 2.50. The third-order valence-corrected chi connectivity index (χ3v) is 2.65. The molecule has 1 aliphatic heterocycles. The normalized spacial score (nSPS) is 20.1. The van der Waals surface area contributed by atoms with Gasteiger partial charge in [0.25, 0.3) is 0 Å². The van der Waals surface area contributed by atoms with Crippen molar-refractivity contribution in [3.8, 4) is 0 Å². The number of nitrogens with one attached hydrogen (secondary N) is 1. The van der Waals surface area contributed by atoms with Crippen LogP contribution in [0.15, 0.2) is 0 Å². The predicted octanol–water partition coefficient (Wildman–Crippen LogP) is 2.71. The number of nitrogens with zero attached hydrogens (tertiary/aromatic N) is 1. The lowest BCUT2D eigenvalue weighted by molar-refractivity contribution is -0.210. The van der Waals surface area contributed by atoms with Crippen molar-refractivity contribution in [3.63, 3.8) is 0 Å². The maximum Gasteiger partial charge on any atom is 0.404 e. The van der Waals surface area contributed by atoms with E-state index < -0.39 is 17.6 Å². The summed E-state index contributed by atoms with van der Waals surface area (Å²) in [5, 5.41) is 3.06. The molecule has 0 radical (unpaired) electrons. The molecule has 0 aromatic carbocycles. The lowest BCUT2D eigenvalue weighted by Gasteiger charge is -2.42. The fourth-order valence-electron chi connectivity index (χ4n) is 2.19. The number of alkyl halides is 3. The van der Waals surface area contributed by atoms with Gasteiger partial charge in [0, 0.05) is 26.2 Å². The maximum atomic E-state index is 12.9. The van der Waals surface area contributed by atoms with Crippen LogP contribution in [-0.2, 0) is 0 Å². The zero-order valence-electron chi connectivity index (χ0n) is 10.3. The minimum Gasteiger partial charge on any atom is -0.314 e. The van der Waals surface area contributed by atoms with E-state index >= 15 is 0 Å². The quantitative estimate of drug-likeness (QED) is 0.800. The Hall–Kier alpha value is 0.290. The first-order valence-corrected chi connectivity index (χ1v) is 5.24. The number of hydrogen-bond acceptors (Lipinski definition) is 2. The Kier molecular flexibility index (Phi) is 8.11.